The Balaban J connectivity index is 1.49. The average Bonchev–Trinajstić information content (AvgIpc) is 3.23. The topological polar surface area (TPSA) is 68.4 Å². The molecule has 0 saturated heterocycles. The van der Waals surface area contributed by atoms with Crippen molar-refractivity contribution in [1.82, 2.24) is 24.8 Å². The van der Waals surface area contributed by atoms with E-state index in [1.807, 2.05) is 4.90 Å². The fourth-order valence-electron chi connectivity index (χ4n) is 3.91. The molecule has 0 N–H and O–H groups in total. The molecule has 0 spiro atoms. The maximum Gasteiger partial charge on any atom is 0.453 e. The van der Waals surface area contributed by atoms with Crippen LogP contribution in [-0.2, 0) is 19.1 Å². The van der Waals surface area contributed by atoms with Crippen LogP contribution >= 0.6 is 0 Å². The Morgan fingerprint density at radius 2 is 1.82 bits per heavy atom. The van der Waals surface area contributed by atoms with E-state index >= 15 is 0 Å². The van der Waals surface area contributed by atoms with E-state index in [9.17, 15) is 22.0 Å². The highest BCUT2D eigenvalue weighted by atomic mass is 19.4. The number of fused-ring (bicyclic) bond motifs is 2. The highest BCUT2D eigenvalue weighted by Gasteiger charge is 2.38. The molecule has 3 aromatic heterocycles. The van der Waals surface area contributed by atoms with Gasteiger partial charge in [-0.2, -0.15) is 17.7 Å². The van der Waals surface area contributed by atoms with E-state index in [0.29, 0.717) is 29.9 Å². The zero-order valence-corrected chi connectivity index (χ0v) is 18.0. The van der Waals surface area contributed by atoms with Crippen LogP contribution in [0.1, 0.15) is 28.2 Å². The summed E-state index contributed by atoms with van der Waals surface area (Å²) in [6.07, 6.45) is -2.77. The molecule has 1 aliphatic heterocycles. The summed E-state index contributed by atoms with van der Waals surface area (Å²) in [5.41, 5.74) is 2.77. The lowest BCUT2D eigenvalue weighted by Gasteiger charge is -2.30. The van der Waals surface area contributed by atoms with Crippen LogP contribution in [0, 0.1) is 25.5 Å². The number of hydrogen-bond donors (Lipinski definition) is 0. The van der Waals surface area contributed by atoms with Crippen molar-refractivity contribution >= 4 is 11.5 Å². The number of hydrogen-bond acceptors (Lipinski definition) is 6. The molecule has 0 radical (unpaired) electrons. The molecule has 12 heteroatoms. The van der Waals surface area contributed by atoms with Crippen LogP contribution in [0.15, 0.2) is 30.5 Å². The number of aryl methyl sites for hydroxylation is 1. The number of alkyl halides is 3. The van der Waals surface area contributed by atoms with Crippen LogP contribution in [0.3, 0.4) is 0 Å². The molecule has 4 heterocycles. The third-order valence-electron chi connectivity index (χ3n) is 5.76. The normalized spacial score (nSPS) is 13.9. The van der Waals surface area contributed by atoms with E-state index in [1.165, 1.54) is 6.20 Å². The molecule has 0 atom stereocenters. The molecule has 1 aromatic carbocycles. The predicted octanol–water partition coefficient (Wildman–Crippen LogP) is 4.79. The molecule has 0 fully saturated rings. The van der Waals surface area contributed by atoms with Gasteiger partial charge in [0.15, 0.2) is 23.0 Å². The number of nitrogens with zero attached hydrogens (tertiary/aromatic N) is 6. The number of benzene rings is 1. The molecule has 0 bridgehead atoms. The predicted molar refractivity (Wildman–Crippen MR) is 111 cm³/mol. The molecule has 0 saturated carbocycles. The Bertz CT molecular complexity index is 1420. The van der Waals surface area contributed by atoms with Gasteiger partial charge in [-0.1, -0.05) is 0 Å². The lowest BCUT2D eigenvalue weighted by atomic mass is 10.0. The van der Waals surface area contributed by atoms with Gasteiger partial charge < -0.3 is 9.64 Å². The van der Waals surface area contributed by atoms with Gasteiger partial charge >= 0.3 is 6.18 Å². The number of aromatic nitrogens is 5. The Labute approximate surface area is 189 Å². The summed E-state index contributed by atoms with van der Waals surface area (Å²) in [6.45, 7) is 4.19. The standard InChI is InChI=1S/C22H17F5N6O/c1-11-12(2)20(31-33-19(11)29-30-21(33)22(25,26)27)32-6-5-17-13(10-32)7-15(9-28-17)34-18-8-14(23)3-4-16(18)24/h3-4,7-9H,5-6,10H2,1-2H3. The number of halogens is 5. The maximum atomic E-state index is 14.0. The summed E-state index contributed by atoms with van der Waals surface area (Å²) in [5.74, 6) is -2.27. The second-order valence-electron chi connectivity index (χ2n) is 7.96. The fourth-order valence-corrected chi connectivity index (χ4v) is 3.91. The number of anilines is 1. The first kappa shape index (κ1) is 22.0. The van der Waals surface area contributed by atoms with Crippen LogP contribution in [0.25, 0.3) is 5.65 Å². The van der Waals surface area contributed by atoms with Gasteiger partial charge in [-0.25, -0.2) is 8.78 Å². The Morgan fingerprint density at radius 1 is 1.03 bits per heavy atom. The Morgan fingerprint density at radius 3 is 2.59 bits per heavy atom. The van der Waals surface area contributed by atoms with Gasteiger partial charge in [0.2, 0.25) is 0 Å². The van der Waals surface area contributed by atoms with E-state index in [0.717, 1.165) is 34.0 Å². The molecule has 34 heavy (non-hydrogen) atoms. The third kappa shape index (κ3) is 3.78. The minimum atomic E-state index is -4.71. The van der Waals surface area contributed by atoms with Crippen molar-refractivity contribution in [2.45, 2.75) is 33.0 Å². The van der Waals surface area contributed by atoms with E-state index < -0.39 is 23.6 Å². The highest BCUT2D eigenvalue weighted by Crippen LogP contribution is 2.33. The zero-order valence-electron chi connectivity index (χ0n) is 18.0. The monoisotopic (exact) mass is 476 g/mol. The second kappa shape index (κ2) is 7.89. The summed E-state index contributed by atoms with van der Waals surface area (Å²) < 4.78 is 73.8. The number of rotatable bonds is 3. The third-order valence-corrected chi connectivity index (χ3v) is 5.76. The van der Waals surface area contributed by atoms with Gasteiger partial charge in [0.25, 0.3) is 5.82 Å². The molecule has 7 nitrogen and oxygen atoms in total. The van der Waals surface area contributed by atoms with Crippen molar-refractivity contribution in [3.8, 4) is 11.5 Å². The number of ether oxygens (including phenoxy) is 1. The maximum absolute atomic E-state index is 14.0. The van der Waals surface area contributed by atoms with Crippen molar-refractivity contribution in [1.29, 1.82) is 0 Å². The highest BCUT2D eigenvalue weighted by molar-refractivity contribution is 5.60. The molecule has 4 aromatic rings. The minimum Gasteiger partial charge on any atom is -0.453 e. The molecular formula is C22H17F5N6O. The van der Waals surface area contributed by atoms with E-state index in [1.54, 1.807) is 19.9 Å². The van der Waals surface area contributed by atoms with E-state index in [4.69, 9.17) is 4.74 Å². The average molecular weight is 476 g/mol. The quantitative estimate of drug-likeness (QED) is 0.396. The summed E-state index contributed by atoms with van der Waals surface area (Å²) in [5, 5.41) is 11.2. The summed E-state index contributed by atoms with van der Waals surface area (Å²) >= 11 is 0. The van der Waals surface area contributed by atoms with Gasteiger partial charge in [0.05, 0.1) is 6.20 Å². The van der Waals surface area contributed by atoms with Crippen LogP contribution < -0.4 is 9.64 Å². The van der Waals surface area contributed by atoms with Gasteiger partial charge in [-0.15, -0.1) is 15.3 Å². The lowest BCUT2D eigenvalue weighted by molar-refractivity contribution is -0.146. The van der Waals surface area contributed by atoms with Crippen molar-refractivity contribution in [2.24, 2.45) is 0 Å². The Hall–Kier alpha value is -3.83. The van der Waals surface area contributed by atoms with Crippen LogP contribution in [-0.4, -0.2) is 31.3 Å². The zero-order chi connectivity index (χ0) is 24.2. The SMILES string of the molecule is Cc1c(N2CCc3ncc(Oc4cc(F)ccc4F)cc3C2)nn2c(C(F)(F)F)nnc2c1C. The van der Waals surface area contributed by atoms with Crippen LogP contribution in [0.5, 0.6) is 11.5 Å². The van der Waals surface area contributed by atoms with Crippen molar-refractivity contribution in [3.63, 3.8) is 0 Å². The molecule has 0 aliphatic carbocycles. The number of pyridine rings is 1. The first-order valence-corrected chi connectivity index (χ1v) is 10.3. The first-order valence-electron chi connectivity index (χ1n) is 10.3. The van der Waals surface area contributed by atoms with Gasteiger partial charge in [-0.3, -0.25) is 4.98 Å². The first-order chi connectivity index (χ1) is 16.1. The fraction of sp³-hybridized carbons (Fsp3) is 0.273. The molecule has 1 aliphatic rings. The lowest BCUT2D eigenvalue weighted by Crippen LogP contribution is -2.33. The van der Waals surface area contributed by atoms with Gasteiger partial charge in [0.1, 0.15) is 11.6 Å². The minimum absolute atomic E-state index is 0.0421. The van der Waals surface area contributed by atoms with Gasteiger partial charge in [-0.05, 0) is 37.6 Å². The van der Waals surface area contributed by atoms with Crippen LogP contribution in [0.2, 0.25) is 0 Å². The van der Waals surface area contributed by atoms with Crippen LogP contribution in [0.4, 0.5) is 27.8 Å². The van der Waals surface area contributed by atoms with Gasteiger partial charge in [0, 0.05) is 42.4 Å². The smallest absolute Gasteiger partial charge is 0.453 e. The summed E-state index contributed by atoms with van der Waals surface area (Å²) in [7, 11) is 0. The molecule has 0 amide bonds. The molecule has 0 unspecified atom stereocenters. The van der Waals surface area contributed by atoms with Crippen molar-refractivity contribution < 1.29 is 26.7 Å². The second-order valence-corrected chi connectivity index (χ2v) is 7.96. The molecular weight excluding hydrogens is 459 g/mol. The van der Waals surface area contributed by atoms with Crippen molar-refractivity contribution in [3.05, 3.63) is 70.3 Å². The Kier molecular flexibility index (Phi) is 5.10. The molecule has 5 rings (SSSR count). The largest absolute Gasteiger partial charge is 0.453 e. The van der Waals surface area contributed by atoms with Crippen molar-refractivity contribution in [2.75, 3.05) is 11.4 Å². The summed E-state index contributed by atoms with van der Waals surface area (Å²) in [6, 6.07) is 4.54. The molecule has 176 valence electrons. The van der Waals surface area contributed by atoms with E-state index in [-0.39, 0.29) is 23.7 Å². The van der Waals surface area contributed by atoms with E-state index in [2.05, 4.69) is 20.3 Å². The summed E-state index contributed by atoms with van der Waals surface area (Å²) in [4.78, 5) is 6.19.